The van der Waals surface area contributed by atoms with Crippen LogP contribution in [0.3, 0.4) is 0 Å². The van der Waals surface area contributed by atoms with Crippen LogP contribution in [0.15, 0.2) is 0 Å². The fraction of sp³-hybridized carbons (Fsp3) is 0.917. The van der Waals surface area contributed by atoms with Gasteiger partial charge in [-0.3, -0.25) is 4.79 Å². The number of likely N-dealkylation sites (tertiary alicyclic amines) is 1. The van der Waals surface area contributed by atoms with Gasteiger partial charge in [0.05, 0.1) is 13.2 Å². The Morgan fingerprint density at radius 2 is 1.82 bits per heavy atom. The van der Waals surface area contributed by atoms with Gasteiger partial charge in [0.2, 0.25) is 5.91 Å². The van der Waals surface area contributed by atoms with E-state index in [9.17, 15) is 4.79 Å². The lowest BCUT2D eigenvalue weighted by Crippen LogP contribution is -2.47. The van der Waals surface area contributed by atoms with Crippen molar-refractivity contribution < 1.29 is 14.3 Å². The van der Waals surface area contributed by atoms with E-state index in [1.807, 2.05) is 4.90 Å². The first-order valence-corrected chi connectivity index (χ1v) is 7.50. The van der Waals surface area contributed by atoms with Gasteiger partial charge in [-0.15, -0.1) is 0 Å². The average molecular weight is 306 g/mol. The summed E-state index contributed by atoms with van der Waals surface area (Å²) in [4.78, 5) is 13.9. The van der Waals surface area contributed by atoms with Crippen molar-refractivity contribution in [2.45, 2.75) is 37.9 Å². The second-order valence-corrected chi connectivity index (χ2v) is 5.43. The molecule has 0 aromatic carbocycles. The van der Waals surface area contributed by atoms with E-state index in [4.69, 9.17) is 9.47 Å². The van der Waals surface area contributed by atoms with E-state index in [2.05, 4.69) is 15.9 Å². The van der Waals surface area contributed by atoms with Crippen LogP contribution in [-0.2, 0) is 14.3 Å². The van der Waals surface area contributed by atoms with Crippen molar-refractivity contribution >= 4 is 21.8 Å². The van der Waals surface area contributed by atoms with E-state index in [0.717, 1.165) is 44.1 Å². The van der Waals surface area contributed by atoms with Crippen molar-refractivity contribution in [3.8, 4) is 0 Å². The van der Waals surface area contributed by atoms with Crippen LogP contribution in [0.5, 0.6) is 0 Å². The number of alkyl halides is 1. The number of carbonyl (C=O) groups is 1. The number of amides is 1. The highest BCUT2D eigenvalue weighted by Crippen LogP contribution is 2.31. The molecule has 0 atom stereocenters. The van der Waals surface area contributed by atoms with Crippen LogP contribution in [-0.4, -0.2) is 48.2 Å². The zero-order chi connectivity index (χ0) is 12.1. The van der Waals surface area contributed by atoms with Gasteiger partial charge in [-0.05, 0) is 12.8 Å². The van der Waals surface area contributed by atoms with E-state index in [1.165, 1.54) is 0 Å². The standard InChI is InChI=1S/C12H20BrNO3/c13-6-2-1-3-11(15)14-7-4-12(5-8-14)16-9-10-17-12/h1-10H2. The lowest BCUT2D eigenvalue weighted by Gasteiger charge is -2.37. The first-order chi connectivity index (χ1) is 8.26. The minimum Gasteiger partial charge on any atom is -0.347 e. The summed E-state index contributed by atoms with van der Waals surface area (Å²) in [5.74, 6) is -0.0918. The Balaban J connectivity index is 1.72. The minimum atomic E-state index is -0.368. The Kier molecular flexibility index (Phi) is 4.82. The predicted octanol–water partition coefficient (Wildman–Crippen LogP) is 1.92. The van der Waals surface area contributed by atoms with Gasteiger partial charge in [0, 0.05) is 37.7 Å². The van der Waals surface area contributed by atoms with Gasteiger partial charge in [-0.1, -0.05) is 15.9 Å². The molecule has 0 aromatic rings. The molecule has 1 spiro atoms. The predicted molar refractivity (Wildman–Crippen MR) is 68.1 cm³/mol. The number of rotatable bonds is 4. The molecule has 2 rings (SSSR count). The van der Waals surface area contributed by atoms with E-state index in [0.29, 0.717) is 19.6 Å². The summed E-state index contributed by atoms with van der Waals surface area (Å²) >= 11 is 3.38. The van der Waals surface area contributed by atoms with Gasteiger partial charge >= 0.3 is 0 Å². The van der Waals surface area contributed by atoms with Gasteiger partial charge in [0.25, 0.3) is 0 Å². The molecule has 2 aliphatic rings. The van der Waals surface area contributed by atoms with Crippen LogP contribution in [0.2, 0.25) is 0 Å². The molecule has 2 aliphatic heterocycles. The molecule has 0 aliphatic carbocycles. The van der Waals surface area contributed by atoms with Crippen LogP contribution in [0, 0.1) is 0 Å². The SMILES string of the molecule is O=C(CCCCBr)N1CCC2(CC1)OCCO2. The number of halogens is 1. The topological polar surface area (TPSA) is 38.8 Å². The first-order valence-electron chi connectivity index (χ1n) is 6.37. The molecule has 0 saturated carbocycles. The summed E-state index contributed by atoms with van der Waals surface area (Å²) < 4.78 is 11.3. The number of hydrogen-bond acceptors (Lipinski definition) is 3. The van der Waals surface area contributed by atoms with E-state index >= 15 is 0 Å². The highest BCUT2D eigenvalue weighted by molar-refractivity contribution is 9.09. The van der Waals surface area contributed by atoms with Gasteiger partial charge in [-0.2, -0.15) is 0 Å². The molecule has 98 valence electrons. The highest BCUT2D eigenvalue weighted by atomic mass is 79.9. The van der Waals surface area contributed by atoms with E-state index in [-0.39, 0.29) is 11.7 Å². The van der Waals surface area contributed by atoms with Crippen molar-refractivity contribution in [2.75, 3.05) is 31.6 Å². The summed E-state index contributed by atoms with van der Waals surface area (Å²) in [5.41, 5.74) is 0. The zero-order valence-electron chi connectivity index (χ0n) is 10.1. The normalized spacial score (nSPS) is 23.2. The van der Waals surface area contributed by atoms with Crippen LogP contribution >= 0.6 is 15.9 Å². The van der Waals surface area contributed by atoms with Gasteiger partial charge in [0.15, 0.2) is 5.79 Å². The lowest BCUT2D eigenvalue weighted by atomic mass is 10.0. The molecule has 0 aromatic heterocycles. The molecular weight excluding hydrogens is 286 g/mol. The third-order valence-electron chi connectivity index (χ3n) is 3.47. The second kappa shape index (κ2) is 6.16. The van der Waals surface area contributed by atoms with Gasteiger partial charge in [-0.25, -0.2) is 0 Å². The molecule has 17 heavy (non-hydrogen) atoms. The zero-order valence-corrected chi connectivity index (χ0v) is 11.7. The molecule has 0 bridgehead atoms. The van der Waals surface area contributed by atoms with E-state index < -0.39 is 0 Å². The molecule has 4 nitrogen and oxygen atoms in total. The van der Waals surface area contributed by atoms with Gasteiger partial charge in [0.1, 0.15) is 0 Å². The van der Waals surface area contributed by atoms with Crippen molar-refractivity contribution in [3.05, 3.63) is 0 Å². The van der Waals surface area contributed by atoms with Crippen LogP contribution in [0.25, 0.3) is 0 Å². The maximum Gasteiger partial charge on any atom is 0.222 e. The Morgan fingerprint density at radius 3 is 2.41 bits per heavy atom. The minimum absolute atomic E-state index is 0.277. The smallest absolute Gasteiger partial charge is 0.222 e. The summed E-state index contributed by atoms with van der Waals surface area (Å²) in [6.07, 6.45) is 4.34. The number of piperidine rings is 1. The highest BCUT2D eigenvalue weighted by Gasteiger charge is 2.40. The Morgan fingerprint density at radius 1 is 1.18 bits per heavy atom. The number of unbranched alkanes of at least 4 members (excludes halogenated alkanes) is 1. The van der Waals surface area contributed by atoms with E-state index in [1.54, 1.807) is 0 Å². The molecule has 2 fully saturated rings. The largest absolute Gasteiger partial charge is 0.347 e. The Bertz CT molecular complexity index is 256. The maximum absolute atomic E-state index is 11.9. The number of ether oxygens (including phenoxy) is 2. The fourth-order valence-electron chi connectivity index (χ4n) is 2.41. The molecule has 0 unspecified atom stereocenters. The summed E-state index contributed by atoms with van der Waals surface area (Å²) in [6, 6.07) is 0. The monoisotopic (exact) mass is 305 g/mol. The molecule has 1 amide bonds. The molecule has 5 heteroatoms. The third kappa shape index (κ3) is 3.42. The van der Waals surface area contributed by atoms with Crippen molar-refractivity contribution in [3.63, 3.8) is 0 Å². The lowest BCUT2D eigenvalue weighted by molar-refractivity contribution is -0.187. The quantitative estimate of drug-likeness (QED) is 0.588. The number of hydrogen-bond donors (Lipinski definition) is 0. The van der Waals surface area contributed by atoms with Crippen molar-refractivity contribution in [1.29, 1.82) is 0 Å². The second-order valence-electron chi connectivity index (χ2n) is 4.63. The summed E-state index contributed by atoms with van der Waals surface area (Å²) in [7, 11) is 0. The van der Waals surface area contributed by atoms with Crippen molar-refractivity contribution in [1.82, 2.24) is 4.90 Å². The van der Waals surface area contributed by atoms with Crippen molar-refractivity contribution in [2.24, 2.45) is 0 Å². The Hall–Kier alpha value is -0.130. The van der Waals surface area contributed by atoms with Gasteiger partial charge < -0.3 is 14.4 Å². The van der Waals surface area contributed by atoms with Crippen LogP contribution in [0.4, 0.5) is 0 Å². The molecule has 0 radical (unpaired) electrons. The third-order valence-corrected chi connectivity index (χ3v) is 4.03. The average Bonchev–Trinajstić information content (AvgIpc) is 2.79. The summed E-state index contributed by atoms with van der Waals surface area (Å²) in [5, 5.41) is 0.977. The van der Waals surface area contributed by atoms with Crippen LogP contribution < -0.4 is 0 Å². The first kappa shape index (κ1) is 13.3. The molecular formula is C12H20BrNO3. The molecule has 0 N–H and O–H groups in total. The maximum atomic E-state index is 11.9. The number of carbonyl (C=O) groups excluding carboxylic acids is 1. The summed E-state index contributed by atoms with van der Waals surface area (Å²) in [6.45, 7) is 2.93. The molecule has 2 saturated heterocycles. The molecule has 2 heterocycles. The fourth-order valence-corrected chi connectivity index (χ4v) is 2.81. The Labute approximate surface area is 111 Å². The van der Waals surface area contributed by atoms with Crippen LogP contribution in [0.1, 0.15) is 32.1 Å². The number of nitrogens with zero attached hydrogens (tertiary/aromatic N) is 1.